The van der Waals surface area contributed by atoms with Crippen molar-refractivity contribution in [2.75, 3.05) is 25.6 Å². The minimum absolute atomic E-state index is 0.00701. The van der Waals surface area contributed by atoms with Crippen LogP contribution in [-0.4, -0.2) is 78.1 Å². The Bertz CT molecular complexity index is 694. The van der Waals surface area contributed by atoms with Crippen molar-refractivity contribution in [3.05, 3.63) is 6.33 Å². The quantitative estimate of drug-likeness (QED) is 0.392. The van der Waals surface area contributed by atoms with Gasteiger partial charge in [-0.05, 0) is 0 Å². The molecule has 0 aromatic carbocycles. The molecule has 0 radical (unpaired) electrons. The smallest absolute Gasteiger partial charge is 0.320 e. The highest BCUT2D eigenvalue weighted by atomic mass is 16.6. The van der Waals surface area contributed by atoms with Crippen LogP contribution >= 0.6 is 0 Å². The van der Waals surface area contributed by atoms with E-state index in [0.29, 0.717) is 0 Å². The molecule has 23 heavy (non-hydrogen) atoms. The average Bonchev–Trinajstić information content (AvgIpc) is 3.08. The molecule has 1 saturated heterocycles. The Morgan fingerprint density at radius 1 is 1.26 bits per heavy atom. The average molecular weight is 327 g/mol. The lowest BCUT2D eigenvalue weighted by molar-refractivity contribution is -0.0511. The normalized spacial score (nSPS) is 27.7. The summed E-state index contributed by atoms with van der Waals surface area (Å²) in [5, 5.41) is 37.9. The highest BCUT2D eigenvalue weighted by molar-refractivity contribution is 5.82. The number of anilines is 1. The van der Waals surface area contributed by atoms with Crippen LogP contribution in [0.4, 0.5) is 5.82 Å². The van der Waals surface area contributed by atoms with E-state index >= 15 is 0 Å². The van der Waals surface area contributed by atoms with Crippen molar-refractivity contribution in [1.82, 2.24) is 19.5 Å². The maximum absolute atomic E-state index is 10.1. The van der Waals surface area contributed by atoms with E-state index in [-0.39, 0.29) is 36.2 Å². The van der Waals surface area contributed by atoms with E-state index in [2.05, 4.69) is 15.0 Å². The van der Waals surface area contributed by atoms with E-state index in [9.17, 15) is 10.2 Å². The zero-order valence-electron chi connectivity index (χ0n) is 12.0. The summed E-state index contributed by atoms with van der Waals surface area (Å²) in [4.78, 5) is 12.1. The van der Waals surface area contributed by atoms with Gasteiger partial charge in [0.15, 0.2) is 23.2 Å². The van der Waals surface area contributed by atoms with Crippen molar-refractivity contribution in [2.45, 2.75) is 24.5 Å². The van der Waals surface area contributed by atoms with E-state index in [1.807, 2.05) is 0 Å². The Morgan fingerprint density at radius 3 is 2.70 bits per heavy atom. The highest BCUT2D eigenvalue weighted by Gasteiger charge is 2.44. The van der Waals surface area contributed by atoms with Crippen LogP contribution in [0.2, 0.25) is 0 Å². The minimum Gasteiger partial charge on any atom is -0.461 e. The number of aromatic nitrogens is 4. The fourth-order valence-corrected chi connectivity index (χ4v) is 2.42. The molecule has 0 bridgehead atoms. The summed E-state index contributed by atoms with van der Waals surface area (Å²) in [6.07, 6.45) is -3.09. The van der Waals surface area contributed by atoms with Gasteiger partial charge in [0.25, 0.3) is 0 Å². The van der Waals surface area contributed by atoms with Crippen molar-refractivity contribution in [3.8, 4) is 6.01 Å². The molecule has 1 unspecified atom stereocenters. The maximum Gasteiger partial charge on any atom is 0.320 e. The lowest BCUT2D eigenvalue weighted by atomic mass is 10.1. The number of fused-ring (bicyclic) bond motifs is 1. The SMILES string of the molecule is Nc1nc(OCCO)nc2c1ncn2C1O[C@@H](CO)[C@H](O)[C@@H]1O. The molecule has 0 aliphatic carbocycles. The number of hydrogen-bond donors (Lipinski definition) is 5. The molecule has 1 aliphatic rings. The predicted octanol–water partition coefficient (Wildman–Crippen LogP) is -2.61. The number of nitrogen functional groups attached to an aromatic ring is 1. The first kappa shape index (κ1) is 15.8. The van der Waals surface area contributed by atoms with Gasteiger partial charge >= 0.3 is 6.01 Å². The van der Waals surface area contributed by atoms with Gasteiger partial charge in [-0.15, -0.1) is 0 Å². The number of hydrogen-bond acceptors (Lipinski definition) is 10. The van der Waals surface area contributed by atoms with Gasteiger partial charge in [0.1, 0.15) is 24.9 Å². The van der Waals surface area contributed by atoms with Gasteiger partial charge in [-0.2, -0.15) is 9.97 Å². The first-order valence-corrected chi connectivity index (χ1v) is 6.93. The fraction of sp³-hybridized carbons (Fsp3) is 0.583. The zero-order chi connectivity index (χ0) is 16.6. The molecular weight excluding hydrogens is 310 g/mol. The second-order valence-corrected chi connectivity index (χ2v) is 5.02. The third-order valence-electron chi connectivity index (χ3n) is 3.54. The number of rotatable bonds is 5. The van der Waals surface area contributed by atoms with Crippen molar-refractivity contribution >= 4 is 17.0 Å². The third-order valence-corrected chi connectivity index (χ3v) is 3.54. The Morgan fingerprint density at radius 2 is 2.04 bits per heavy atom. The summed E-state index contributed by atoms with van der Waals surface area (Å²) in [5.41, 5.74) is 6.31. The monoisotopic (exact) mass is 327 g/mol. The summed E-state index contributed by atoms with van der Waals surface area (Å²) >= 11 is 0. The molecule has 11 heteroatoms. The van der Waals surface area contributed by atoms with E-state index in [4.69, 9.17) is 25.4 Å². The topological polar surface area (TPSA) is 169 Å². The number of imidazole rings is 1. The summed E-state index contributed by atoms with van der Waals surface area (Å²) in [5.74, 6) is 0.0634. The molecule has 0 saturated carbocycles. The van der Waals surface area contributed by atoms with Crippen molar-refractivity contribution in [3.63, 3.8) is 0 Å². The Kier molecular flexibility index (Phi) is 4.28. The number of nitrogens with zero attached hydrogens (tertiary/aromatic N) is 4. The molecule has 1 aliphatic heterocycles. The van der Waals surface area contributed by atoms with Crippen molar-refractivity contribution < 1.29 is 29.9 Å². The lowest BCUT2D eigenvalue weighted by Gasteiger charge is -2.16. The first-order valence-electron chi connectivity index (χ1n) is 6.93. The number of aliphatic hydroxyl groups excluding tert-OH is 4. The van der Waals surface area contributed by atoms with Crippen molar-refractivity contribution in [1.29, 1.82) is 0 Å². The standard InChI is InChI=1S/C12H17N5O6/c13-9-6-10(16-12(15-9)22-2-1-18)17(4-14-6)11-8(21)7(20)5(3-19)23-11/h4-5,7-8,11,18-21H,1-3H2,(H2,13,15,16)/t5-,7-,8-,11?/m0/s1. The van der Waals surface area contributed by atoms with Gasteiger partial charge in [0.05, 0.1) is 19.5 Å². The van der Waals surface area contributed by atoms with E-state index in [0.717, 1.165) is 0 Å². The molecule has 2 aromatic rings. The van der Waals surface area contributed by atoms with Crippen LogP contribution in [0.25, 0.3) is 11.2 Å². The van der Waals surface area contributed by atoms with Gasteiger partial charge in [0, 0.05) is 0 Å². The van der Waals surface area contributed by atoms with Crippen LogP contribution in [0.1, 0.15) is 6.23 Å². The van der Waals surface area contributed by atoms with Gasteiger partial charge in [-0.1, -0.05) is 0 Å². The summed E-state index contributed by atoms with van der Waals surface area (Å²) in [7, 11) is 0. The Labute approximate surface area is 129 Å². The molecule has 3 heterocycles. The molecule has 2 aromatic heterocycles. The summed E-state index contributed by atoms with van der Waals surface area (Å²) in [6, 6.07) is -0.0578. The highest BCUT2D eigenvalue weighted by Crippen LogP contribution is 2.32. The second-order valence-electron chi connectivity index (χ2n) is 5.02. The number of ether oxygens (including phenoxy) is 2. The van der Waals surface area contributed by atoms with E-state index in [1.165, 1.54) is 10.9 Å². The van der Waals surface area contributed by atoms with E-state index in [1.54, 1.807) is 0 Å². The van der Waals surface area contributed by atoms with E-state index < -0.39 is 31.1 Å². The summed E-state index contributed by atoms with van der Waals surface area (Å²) < 4.78 is 12.0. The molecule has 4 atom stereocenters. The maximum atomic E-state index is 10.1. The minimum atomic E-state index is -1.28. The lowest BCUT2D eigenvalue weighted by Crippen LogP contribution is -2.33. The number of nitrogens with two attached hydrogens (primary N) is 1. The van der Waals surface area contributed by atoms with Gasteiger partial charge in [-0.3, -0.25) is 4.57 Å². The molecule has 0 amide bonds. The summed E-state index contributed by atoms with van der Waals surface area (Å²) in [6.45, 7) is -0.661. The molecule has 126 valence electrons. The Balaban J connectivity index is 1.99. The molecule has 1 fully saturated rings. The van der Waals surface area contributed by atoms with Crippen LogP contribution < -0.4 is 10.5 Å². The predicted molar refractivity (Wildman–Crippen MR) is 75.3 cm³/mol. The van der Waals surface area contributed by atoms with Crippen LogP contribution in [0.15, 0.2) is 6.33 Å². The van der Waals surface area contributed by atoms with Gasteiger partial charge in [-0.25, -0.2) is 4.98 Å². The van der Waals surface area contributed by atoms with Gasteiger partial charge in [0.2, 0.25) is 0 Å². The molecule has 3 rings (SSSR count). The third kappa shape index (κ3) is 2.68. The fourth-order valence-electron chi connectivity index (χ4n) is 2.42. The molecule has 0 spiro atoms. The number of aliphatic hydroxyl groups is 4. The molecular formula is C12H17N5O6. The van der Waals surface area contributed by atoms with Crippen LogP contribution in [0, 0.1) is 0 Å². The zero-order valence-corrected chi connectivity index (χ0v) is 12.0. The van der Waals surface area contributed by atoms with Gasteiger partial charge < -0.3 is 35.6 Å². The largest absolute Gasteiger partial charge is 0.461 e. The van der Waals surface area contributed by atoms with Crippen LogP contribution in [-0.2, 0) is 4.74 Å². The molecule has 11 nitrogen and oxygen atoms in total. The van der Waals surface area contributed by atoms with Crippen LogP contribution in [0.5, 0.6) is 6.01 Å². The second kappa shape index (κ2) is 6.22. The molecule has 6 N–H and O–H groups in total. The first-order chi connectivity index (χ1) is 11.1. The van der Waals surface area contributed by atoms with Crippen molar-refractivity contribution in [2.24, 2.45) is 0 Å². The Hall–Kier alpha value is -2.05. The van der Waals surface area contributed by atoms with Crippen LogP contribution in [0.3, 0.4) is 0 Å².